The van der Waals surface area contributed by atoms with Crippen LogP contribution in [0.1, 0.15) is 60.7 Å². The zero-order valence-corrected chi connectivity index (χ0v) is 21.0. The molecule has 0 radical (unpaired) electrons. The highest BCUT2D eigenvalue weighted by Gasteiger charge is 2.34. The number of carbonyl (C=O) groups is 3. The smallest absolute Gasteiger partial charge is 0.339 e. The minimum atomic E-state index is -0.743. The molecule has 0 aliphatic heterocycles. The number of rotatable bonds is 7. The van der Waals surface area contributed by atoms with Crippen molar-refractivity contribution in [1.82, 2.24) is 0 Å². The summed E-state index contributed by atoms with van der Waals surface area (Å²) in [4.78, 5) is 38.5. The molecule has 0 bridgehead atoms. The van der Waals surface area contributed by atoms with Crippen LogP contribution in [0.15, 0.2) is 66.7 Å². The molecule has 3 aromatic rings. The molecule has 0 spiro atoms. The van der Waals surface area contributed by atoms with E-state index in [0.29, 0.717) is 23.4 Å². The van der Waals surface area contributed by atoms with Gasteiger partial charge in [0.15, 0.2) is 6.61 Å². The third-order valence-electron chi connectivity index (χ3n) is 6.98. The lowest BCUT2D eigenvalue weighted by Crippen LogP contribution is -2.36. The molecular weight excluding hydrogens is 454 g/mol. The topological polar surface area (TPSA) is 81.7 Å². The van der Waals surface area contributed by atoms with E-state index in [2.05, 4.69) is 26.1 Å². The van der Waals surface area contributed by atoms with Crippen LogP contribution in [0, 0.1) is 17.8 Å². The first kappa shape index (κ1) is 25.4. The Morgan fingerprint density at radius 2 is 1.56 bits per heavy atom. The van der Waals surface area contributed by atoms with Crippen LogP contribution in [0.3, 0.4) is 0 Å². The fourth-order valence-corrected chi connectivity index (χ4v) is 5.02. The molecule has 0 saturated heterocycles. The van der Waals surface area contributed by atoms with E-state index in [1.165, 1.54) is 6.07 Å². The average Bonchev–Trinajstić information content (AvgIpc) is 2.87. The van der Waals surface area contributed by atoms with Crippen molar-refractivity contribution in [3.63, 3.8) is 0 Å². The molecule has 1 saturated carbocycles. The highest BCUT2D eigenvalue weighted by atomic mass is 16.5. The maximum atomic E-state index is 13.1. The molecule has 4 rings (SSSR count). The van der Waals surface area contributed by atoms with Gasteiger partial charge in [0.25, 0.3) is 5.91 Å². The number of amides is 1. The molecule has 188 valence electrons. The van der Waals surface area contributed by atoms with Gasteiger partial charge in [-0.2, -0.15) is 0 Å². The van der Waals surface area contributed by atoms with E-state index >= 15 is 0 Å². The highest BCUT2D eigenvalue weighted by molar-refractivity contribution is 6.05. The monoisotopic (exact) mass is 487 g/mol. The Kier molecular flexibility index (Phi) is 8.04. The molecule has 36 heavy (non-hydrogen) atoms. The van der Waals surface area contributed by atoms with Gasteiger partial charge >= 0.3 is 11.9 Å². The summed E-state index contributed by atoms with van der Waals surface area (Å²) in [7, 11) is 0. The van der Waals surface area contributed by atoms with Crippen molar-refractivity contribution in [1.29, 1.82) is 0 Å². The molecule has 6 nitrogen and oxygen atoms in total. The van der Waals surface area contributed by atoms with Crippen LogP contribution in [0.2, 0.25) is 0 Å². The number of carbonyl (C=O) groups excluding carboxylic acids is 3. The second kappa shape index (κ2) is 11.4. The Morgan fingerprint density at radius 1 is 0.889 bits per heavy atom. The predicted molar refractivity (Wildman–Crippen MR) is 140 cm³/mol. The van der Waals surface area contributed by atoms with Crippen molar-refractivity contribution in [2.45, 2.75) is 46.1 Å². The molecule has 6 heteroatoms. The van der Waals surface area contributed by atoms with E-state index in [9.17, 15) is 14.4 Å². The summed E-state index contributed by atoms with van der Waals surface area (Å²) in [5.41, 5.74) is 0.877. The van der Waals surface area contributed by atoms with Gasteiger partial charge in [0.05, 0.1) is 11.1 Å². The van der Waals surface area contributed by atoms with E-state index in [1.54, 1.807) is 24.3 Å². The molecule has 1 N–H and O–H groups in total. The van der Waals surface area contributed by atoms with Crippen molar-refractivity contribution < 1.29 is 23.9 Å². The van der Waals surface area contributed by atoms with E-state index in [1.807, 2.05) is 36.4 Å². The summed E-state index contributed by atoms with van der Waals surface area (Å²) >= 11 is 0. The molecule has 0 heterocycles. The largest absolute Gasteiger partial charge is 0.458 e. The van der Waals surface area contributed by atoms with Crippen LogP contribution in [0.5, 0.6) is 0 Å². The lowest BCUT2D eigenvalue weighted by Gasteiger charge is -2.36. The number of hydrogen-bond acceptors (Lipinski definition) is 5. The molecular formula is C30H33NO5. The Hall–Kier alpha value is -3.67. The van der Waals surface area contributed by atoms with Crippen LogP contribution in [-0.4, -0.2) is 30.6 Å². The minimum absolute atomic E-state index is 0.0883. The maximum absolute atomic E-state index is 13.1. The number of ether oxygens (including phenoxy) is 2. The first-order valence-corrected chi connectivity index (χ1v) is 12.6. The van der Waals surface area contributed by atoms with Crippen molar-refractivity contribution in [3.8, 4) is 0 Å². The zero-order valence-electron chi connectivity index (χ0n) is 21.0. The Labute approximate surface area is 212 Å². The summed E-state index contributed by atoms with van der Waals surface area (Å²) < 4.78 is 11.2. The second-order valence-electron chi connectivity index (χ2n) is 9.97. The summed E-state index contributed by atoms with van der Waals surface area (Å²) in [6.45, 7) is 6.00. The van der Waals surface area contributed by atoms with Gasteiger partial charge in [0.2, 0.25) is 0 Å². The van der Waals surface area contributed by atoms with Crippen molar-refractivity contribution in [2.75, 3.05) is 11.9 Å². The van der Waals surface area contributed by atoms with Gasteiger partial charge in [-0.15, -0.1) is 0 Å². The summed E-state index contributed by atoms with van der Waals surface area (Å²) in [6.07, 6.45) is 2.78. The molecule has 3 atom stereocenters. The third kappa shape index (κ3) is 5.93. The highest BCUT2D eigenvalue weighted by Crippen LogP contribution is 2.36. The van der Waals surface area contributed by atoms with Gasteiger partial charge < -0.3 is 14.8 Å². The number of nitrogens with one attached hydrogen (secondary N) is 1. The number of hydrogen-bond donors (Lipinski definition) is 1. The second-order valence-corrected chi connectivity index (χ2v) is 9.97. The molecule has 0 aromatic heterocycles. The molecule has 1 fully saturated rings. The molecule has 1 aliphatic carbocycles. The molecule has 1 aliphatic rings. The summed E-state index contributed by atoms with van der Waals surface area (Å²) in [5, 5.41) is 4.68. The van der Waals surface area contributed by atoms with Crippen LogP contribution < -0.4 is 5.32 Å². The van der Waals surface area contributed by atoms with Crippen LogP contribution in [0.25, 0.3) is 10.8 Å². The predicted octanol–water partition coefficient (Wildman–Crippen LogP) is 6.25. The van der Waals surface area contributed by atoms with Gasteiger partial charge in [-0.1, -0.05) is 75.7 Å². The standard InChI is InChI=1S/C30H33NO5/c1-19(2)22-16-15-20(3)17-27(22)36-30(34)25-13-7-6-12-24(25)29(33)35-18-28(32)31-26-14-8-10-21-9-4-5-11-23(21)26/h4-14,19-20,22,27H,15-18H2,1-3H3,(H,31,32)/t20-,22-,27+/m1/s1. The minimum Gasteiger partial charge on any atom is -0.458 e. The Bertz CT molecular complexity index is 1250. The molecule has 1 amide bonds. The average molecular weight is 488 g/mol. The van der Waals surface area contributed by atoms with Crippen molar-refractivity contribution in [3.05, 3.63) is 77.9 Å². The maximum Gasteiger partial charge on any atom is 0.339 e. The quantitative estimate of drug-likeness (QED) is 0.398. The van der Waals surface area contributed by atoms with Gasteiger partial charge in [-0.25, -0.2) is 9.59 Å². The lowest BCUT2D eigenvalue weighted by molar-refractivity contribution is -0.119. The fourth-order valence-electron chi connectivity index (χ4n) is 5.02. The van der Waals surface area contributed by atoms with Gasteiger partial charge in [-0.05, 0) is 54.2 Å². The fraction of sp³-hybridized carbons (Fsp3) is 0.367. The summed E-state index contributed by atoms with van der Waals surface area (Å²) in [6, 6.07) is 19.7. The normalized spacial score (nSPS) is 19.6. The SMILES string of the molecule is CC(C)[C@H]1CC[C@@H](C)C[C@@H]1OC(=O)c1ccccc1C(=O)OCC(=O)Nc1cccc2ccccc12. The summed E-state index contributed by atoms with van der Waals surface area (Å²) in [5.74, 6) is -0.563. The number of anilines is 1. The van der Waals surface area contributed by atoms with E-state index in [-0.39, 0.29) is 17.2 Å². The van der Waals surface area contributed by atoms with Gasteiger partial charge in [0.1, 0.15) is 6.10 Å². The first-order chi connectivity index (χ1) is 17.3. The molecule has 0 unspecified atom stereocenters. The lowest BCUT2D eigenvalue weighted by atomic mass is 9.75. The van der Waals surface area contributed by atoms with E-state index in [0.717, 1.165) is 30.0 Å². The number of benzene rings is 3. The number of esters is 2. The zero-order chi connectivity index (χ0) is 25.7. The van der Waals surface area contributed by atoms with Crippen LogP contribution >= 0.6 is 0 Å². The van der Waals surface area contributed by atoms with Crippen LogP contribution in [0.4, 0.5) is 5.69 Å². The Morgan fingerprint density at radius 3 is 2.31 bits per heavy atom. The number of fused-ring (bicyclic) bond motifs is 1. The van der Waals surface area contributed by atoms with Crippen molar-refractivity contribution >= 4 is 34.3 Å². The van der Waals surface area contributed by atoms with E-state index in [4.69, 9.17) is 9.47 Å². The third-order valence-corrected chi connectivity index (χ3v) is 6.98. The molecule has 3 aromatic carbocycles. The Balaban J connectivity index is 1.41. The van der Waals surface area contributed by atoms with Gasteiger partial charge in [-0.3, -0.25) is 4.79 Å². The van der Waals surface area contributed by atoms with Gasteiger partial charge in [0, 0.05) is 11.1 Å². The van der Waals surface area contributed by atoms with E-state index < -0.39 is 24.5 Å². The van der Waals surface area contributed by atoms with Crippen LogP contribution in [-0.2, 0) is 14.3 Å². The van der Waals surface area contributed by atoms with Crippen molar-refractivity contribution in [2.24, 2.45) is 17.8 Å². The first-order valence-electron chi connectivity index (χ1n) is 12.6.